The Morgan fingerprint density at radius 1 is 1.36 bits per heavy atom. The van der Waals surface area contributed by atoms with Gasteiger partial charge < -0.3 is 10.1 Å². The second-order valence-electron chi connectivity index (χ2n) is 2.34. The molecule has 1 aromatic carbocycles. The molecule has 0 atom stereocenters. The first-order valence-electron chi connectivity index (χ1n) is 3.65. The van der Waals surface area contributed by atoms with Gasteiger partial charge in [0.25, 0.3) is 0 Å². The SMILES string of the molecule is CNCc1ccccc1OC. The molecular formula is C9H13NO. The van der Waals surface area contributed by atoms with Crippen LogP contribution in [0.2, 0.25) is 0 Å². The Morgan fingerprint density at radius 3 is 2.73 bits per heavy atom. The molecule has 60 valence electrons. The summed E-state index contributed by atoms with van der Waals surface area (Å²) in [4.78, 5) is 0. The summed E-state index contributed by atoms with van der Waals surface area (Å²) in [5.41, 5.74) is 1.19. The summed E-state index contributed by atoms with van der Waals surface area (Å²) in [5.74, 6) is 0.946. The minimum Gasteiger partial charge on any atom is -0.496 e. The van der Waals surface area contributed by atoms with Crippen molar-refractivity contribution in [1.82, 2.24) is 5.32 Å². The smallest absolute Gasteiger partial charge is 0.123 e. The van der Waals surface area contributed by atoms with Crippen LogP contribution in [0.25, 0.3) is 0 Å². The largest absolute Gasteiger partial charge is 0.496 e. The summed E-state index contributed by atoms with van der Waals surface area (Å²) in [6.07, 6.45) is 0. The van der Waals surface area contributed by atoms with Gasteiger partial charge in [0.2, 0.25) is 0 Å². The Labute approximate surface area is 67.2 Å². The van der Waals surface area contributed by atoms with Crippen LogP contribution in [0.4, 0.5) is 0 Å². The molecule has 0 amide bonds. The van der Waals surface area contributed by atoms with Gasteiger partial charge >= 0.3 is 0 Å². The third kappa shape index (κ3) is 1.95. The van der Waals surface area contributed by atoms with Crippen molar-refractivity contribution in [3.8, 4) is 5.75 Å². The van der Waals surface area contributed by atoms with Gasteiger partial charge in [-0.05, 0) is 13.1 Å². The fourth-order valence-corrected chi connectivity index (χ4v) is 1.04. The van der Waals surface area contributed by atoms with E-state index in [4.69, 9.17) is 4.74 Å². The molecule has 11 heavy (non-hydrogen) atoms. The minimum atomic E-state index is 0.851. The third-order valence-electron chi connectivity index (χ3n) is 1.56. The van der Waals surface area contributed by atoms with Gasteiger partial charge in [-0.1, -0.05) is 18.2 Å². The monoisotopic (exact) mass is 151 g/mol. The Bertz CT molecular complexity index is 223. The summed E-state index contributed by atoms with van der Waals surface area (Å²) in [6.45, 7) is 0.851. The molecule has 1 rings (SSSR count). The van der Waals surface area contributed by atoms with Crippen molar-refractivity contribution in [2.75, 3.05) is 14.2 Å². The lowest BCUT2D eigenvalue weighted by Crippen LogP contribution is -2.06. The lowest BCUT2D eigenvalue weighted by atomic mass is 10.2. The number of hydrogen-bond acceptors (Lipinski definition) is 2. The van der Waals surface area contributed by atoms with E-state index in [1.54, 1.807) is 7.11 Å². The van der Waals surface area contributed by atoms with Gasteiger partial charge in [-0.15, -0.1) is 0 Å². The average Bonchev–Trinajstić information content (AvgIpc) is 2.06. The first-order valence-corrected chi connectivity index (χ1v) is 3.65. The Kier molecular flexibility index (Phi) is 2.93. The van der Waals surface area contributed by atoms with Gasteiger partial charge in [0.15, 0.2) is 0 Å². The Hall–Kier alpha value is -1.02. The Morgan fingerprint density at radius 2 is 2.09 bits per heavy atom. The summed E-state index contributed by atoms with van der Waals surface area (Å²) >= 11 is 0. The third-order valence-corrected chi connectivity index (χ3v) is 1.56. The van der Waals surface area contributed by atoms with E-state index >= 15 is 0 Å². The lowest BCUT2D eigenvalue weighted by Gasteiger charge is -2.06. The van der Waals surface area contributed by atoms with E-state index < -0.39 is 0 Å². The van der Waals surface area contributed by atoms with Crippen molar-refractivity contribution < 1.29 is 4.74 Å². The van der Waals surface area contributed by atoms with Gasteiger partial charge in [0.1, 0.15) is 5.75 Å². The zero-order chi connectivity index (χ0) is 8.10. The molecule has 2 heteroatoms. The number of nitrogens with one attached hydrogen (secondary N) is 1. The molecule has 0 saturated carbocycles. The van der Waals surface area contributed by atoms with Crippen molar-refractivity contribution in [3.05, 3.63) is 29.8 Å². The van der Waals surface area contributed by atoms with Gasteiger partial charge in [-0.25, -0.2) is 0 Å². The molecule has 0 aromatic heterocycles. The van der Waals surface area contributed by atoms with Crippen LogP contribution in [-0.4, -0.2) is 14.2 Å². The number of benzene rings is 1. The first kappa shape index (κ1) is 8.08. The maximum absolute atomic E-state index is 5.16. The van der Waals surface area contributed by atoms with Gasteiger partial charge in [-0.2, -0.15) is 0 Å². The molecule has 0 heterocycles. The predicted octanol–water partition coefficient (Wildman–Crippen LogP) is 1.41. The summed E-state index contributed by atoms with van der Waals surface area (Å²) in [6, 6.07) is 8.00. The number of methoxy groups -OCH3 is 1. The zero-order valence-corrected chi connectivity index (χ0v) is 6.92. The molecular weight excluding hydrogens is 138 g/mol. The molecule has 0 spiro atoms. The van der Waals surface area contributed by atoms with Crippen molar-refractivity contribution in [3.63, 3.8) is 0 Å². The van der Waals surface area contributed by atoms with E-state index in [-0.39, 0.29) is 0 Å². The second-order valence-corrected chi connectivity index (χ2v) is 2.34. The Balaban J connectivity index is 2.83. The molecule has 0 aliphatic rings. The molecule has 0 fully saturated rings. The molecule has 0 unspecified atom stereocenters. The maximum Gasteiger partial charge on any atom is 0.123 e. The molecule has 1 N–H and O–H groups in total. The van der Waals surface area contributed by atoms with Crippen LogP contribution in [0.3, 0.4) is 0 Å². The number of hydrogen-bond donors (Lipinski definition) is 1. The summed E-state index contributed by atoms with van der Waals surface area (Å²) in [7, 11) is 3.61. The quantitative estimate of drug-likeness (QED) is 0.705. The number of para-hydroxylation sites is 1. The van der Waals surface area contributed by atoms with E-state index in [1.165, 1.54) is 5.56 Å². The van der Waals surface area contributed by atoms with Crippen LogP contribution in [0.15, 0.2) is 24.3 Å². The van der Waals surface area contributed by atoms with E-state index in [9.17, 15) is 0 Å². The van der Waals surface area contributed by atoms with E-state index in [0.717, 1.165) is 12.3 Å². The lowest BCUT2D eigenvalue weighted by molar-refractivity contribution is 0.408. The molecule has 1 aromatic rings. The van der Waals surface area contributed by atoms with Gasteiger partial charge in [0, 0.05) is 12.1 Å². The molecule has 2 nitrogen and oxygen atoms in total. The molecule has 0 saturated heterocycles. The highest BCUT2D eigenvalue weighted by Gasteiger charge is 1.97. The average molecular weight is 151 g/mol. The van der Waals surface area contributed by atoms with E-state index in [2.05, 4.69) is 11.4 Å². The molecule has 0 radical (unpaired) electrons. The predicted molar refractivity (Wildman–Crippen MR) is 45.8 cm³/mol. The van der Waals surface area contributed by atoms with Crippen LogP contribution in [-0.2, 0) is 6.54 Å². The van der Waals surface area contributed by atoms with Gasteiger partial charge in [-0.3, -0.25) is 0 Å². The number of ether oxygens (including phenoxy) is 1. The highest BCUT2D eigenvalue weighted by molar-refractivity contribution is 5.32. The van der Waals surface area contributed by atoms with Crippen molar-refractivity contribution in [2.24, 2.45) is 0 Å². The highest BCUT2D eigenvalue weighted by Crippen LogP contribution is 2.16. The maximum atomic E-state index is 5.16. The van der Waals surface area contributed by atoms with Crippen molar-refractivity contribution >= 4 is 0 Å². The molecule has 0 aliphatic carbocycles. The summed E-state index contributed by atoms with van der Waals surface area (Å²) < 4.78 is 5.16. The fourth-order valence-electron chi connectivity index (χ4n) is 1.04. The normalized spacial score (nSPS) is 9.64. The number of rotatable bonds is 3. The topological polar surface area (TPSA) is 21.3 Å². The van der Waals surface area contributed by atoms with Crippen molar-refractivity contribution in [2.45, 2.75) is 6.54 Å². The first-order chi connectivity index (χ1) is 5.38. The zero-order valence-electron chi connectivity index (χ0n) is 6.92. The van der Waals surface area contributed by atoms with Crippen molar-refractivity contribution in [1.29, 1.82) is 0 Å². The van der Waals surface area contributed by atoms with Crippen LogP contribution in [0.1, 0.15) is 5.56 Å². The second kappa shape index (κ2) is 3.98. The van der Waals surface area contributed by atoms with Gasteiger partial charge in [0.05, 0.1) is 7.11 Å². The van der Waals surface area contributed by atoms with E-state index in [0.29, 0.717) is 0 Å². The van der Waals surface area contributed by atoms with Crippen LogP contribution in [0, 0.1) is 0 Å². The fraction of sp³-hybridized carbons (Fsp3) is 0.333. The van der Waals surface area contributed by atoms with Crippen LogP contribution in [0.5, 0.6) is 5.75 Å². The minimum absolute atomic E-state index is 0.851. The van der Waals surface area contributed by atoms with Crippen LogP contribution < -0.4 is 10.1 Å². The molecule has 0 aliphatic heterocycles. The van der Waals surface area contributed by atoms with Crippen LogP contribution >= 0.6 is 0 Å². The standard InChI is InChI=1S/C9H13NO/c1-10-7-8-5-3-4-6-9(8)11-2/h3-6,10H,7H2,1-2H3. The van der Waals surface area contributed by atoms with E-state index in [1.807, 2.05) is 25.2 Å². The highest BCUT2D eigenvalue weighted by atomic mass is 16.5. The molecule has 0 bridgehead atoms. The summed E-state index contributed by atoms with van der Waals surface area (Å²) in [5, 5.41) is 3.08.